The molecule has 2 rings (SSSR count). The molecule has 0 bridgehead atoms. The van der Waals surface area contributed by atoms with E-state index in [9.17, 15) is 9.18 Å². The van der Waals surface area contributed by atoms with Crippen LogP contribution in [0, 0.1) is 11.7 Å². The SMILES string of the molecule is COCC1CCCN(C(=O)NCc2ccc(F)cc2)C1. The summed E-state index contributed by atoms with van der Waals surface area (Å²) >= 11 is 0. The first kappa shape index (κ1) is 14.8. The van der Waals surface area contributed by atoms with Gasteiger partial charge in [0.2, 0.25) is 0 Å². The summed E-state index contributed by atoms with van der Waals surface area (Å²) in [5.41, 5.74) is 0.894. The molecule has 5 heteroatoms. The number of piperidine rings is 1. The molecule has 0 radical (unpaired) electrons. The topological polar surface area (TPSA) is 41.6 Å². The van der Waals surface area contributed by atoms with Crippen molar-refractivity contribution in [3.05, 3.63) is 35.6 Å². The molecule has 1 N–H and O–H groups in total. The number of amides is 2. The van der Waals surface area contributed by atoms with E-state index >= 15 is 0 Å². The number of methoxy groups -OCH3 is 1. The first-order valence-electron chi connectivity index (χ1n) is 6.95. The number of likely N-dealkylation sites (tertiary alicyclic amines) is 1. The van der Waals surface area contributed by atoms with Crippen LogP contribution in [0.3, 0.4) is 0 Å². The number of nitrogens with zero attached hydrogens (tertiary/aromatic N) is 1. The van der Waals surface area contributed by atoms with Crippen LogP contribution in [0.4, 0.5) is 9.18 Å². The van der Waals surface area contributed by atoms with Gasteiger partial charge in [0, 0.05) is 32.7 Å². The number of carbonyl (C=O) groups is 1. The van der Waals surface area contributed by atoms with Gasteiger partial charge in [-0.05, 0) is 30.5 Å². The third kappa shape index (κ3) is 4.20. The Morgan fingerprint density at radius 2 is 2.20 bits per heavy atom. The van der Waals surface area contributed by atoms with Crippen molar-refractivity contribution in [3.8, 4) is 0 Å². The van der Waals surface area contributed by atoms with E-state index in [1.54, 1.807) is 19.2 Å². The lowest BCUT2D eigenvalue weighted by Crippen LogP contribution is -2.46. The predicted octanol–water partition coefficient (Wildman–Crippen LogP) is 2.39. The standard InChI is InChI=1S/C15H21FN2O2/c1-20-11-13-3-2-8-18(10-13)15(19)17-9-12-4-6-14(16)7-5-12/h4-7,13H,2-3,8-11H2,1H3,(H,17,19). The Kier molecular flexibility index (Phi) is 5.35. The van der Waals surface area contributed by atoms with Gasteiger partial charge in [-0.1, -0.05) is 12.1 Å². The van der Waals surface area contributed by atoms with E-state index in [1.807, 2.05) is 4.90 Å². The molecule has 1 aliphatic rings. The highest BCUT2D eigenvalue weighted by atomic mass is 19.1. The summed E-state index contributed by atoms with van der Waals surface area (Å²) in [5, 5.41) is 2.87. The Hall–Kier alpha value is -1.62. The van der Waals surface area contributed by atoms with Crippen LogP contribution in [0.1, 0.15) is 18.4 Å². The minimum absolute atomic E-state index is 0.0601. The van der Waals surface area contributed by atoms with Crippen LogP contribution in [0.5, 0.6) is 0 Å². The molecule has 1 aromatic carbocycles. The molecule has 1 saturated heterocycles. The van der Waals surface area contributed by atoms with Crippen molar-refractivity contribution >= 4 is 6.03 Å². The van der Waals surface area contributed by atoms with E-state index in [0.29, 0.717) is 19.1 Å². The van der Waals surface area contributed by atoms with Crippen molar-refractivity contribution in [3.63, 3.8) is 0 Å². The fourth-order valence-electron chi connectivity index (χ4n) is 2.51. The Bertz CT molecular complexity index is 434. The van der Waals surface area contributed by atoms with E-state index in [0.717, 1.165) is 31.5 Å². The number of ether oxygens (including phenoxy) is 1. The maximum Gasteiger partial charge on any atom is 0.317 e. The molecule has 0 spiro atoms. The van der Waals surface area contributed by atoms with Gasteiger partial charge in [-0.25, -0.2) is 9.18 Å². The van der Waals surface area contributed by atoms with Crippen LogP contribution in [0.2, 0.25) is 0 Å². The zero-order valence-corrected chi connectivity index (χ0v) is 11.8. The summed E-state index contributed by atoms with van der Waals surface area (Å²) in [6.45, 7) is 2.64. The Labute approximate surface area is 118 Å². The lowest BCUT2D eigenvalue weighted by Gasteiger charge is -2.32. The summed E-state index contributed by atoms with van der Waals surface area (Å²) in [4.78, 5) is 13.9. The van der Waals surface area contributed by atoms with Crippen molar-refractivity contribution in [2.45, 2.75) is 19.4 Å². The smallest absolute Gasteiger partial charge is 0.317 e. The van der Waals surface area contributed by atoms with Gasteiger partial charge in [-0.15, -0.1) is 0 Å². The maximum absolute atomic E-state index is 12.8. The fourth-order valence-corrected chi connectivity index (χ4v) is 2.51. The molecular formula is C15H21FN2O2. The van der Waals surface area contributed by atoms with E-state index in [1.165, 1.54) is 12.1 Å². The van der Waals surface area contributed by atoms with Crippen LogP contribution >= 0.6 is 0 Å². The Morgan fingerprint density at radius 1 is 1.45 bits per heavy atom. The molecule has 110 valence electrons. The second-order valence-corrected chi connectivity index (χ2v) is 5.19. The first-order valence-corrected chi connectivity index (χ1v) is 6.95. The molecule has 1 aromatic rings. The highest BCUT2D eigenvalue weighted by Gasteiger charge is 2.23. The van der Waals surface area contributed by atoms with Crippen molar-refractivity contribution in [2.24, 2.45) is 5.92 Å². The molecule has 1 heterocycles. The Morgan fingerprint density at radius 3 is 2.90 bits per heavy atom. The molecule has 1 unspecified atom stereocenters. The highest BCUT2D eigenvalue weighted by molar-refractivity contribution is 5.74. The molecule has 4 nitrogen and oxygen atoms in total. The van der Waals surface area contributed by atoms with Gasteiger partial charge in [-0.3, -0.25) is 0 Å². The number of hydrogen-bond donors (Lipinski definition) is 1. The predicted molar refractivity (Wildman–Crippen MR) is 74.8 cm³/mol. The van der Waals surface area contributed by atoms with Gasteiger partial charge >= 0.3 is 6.03 Å². The van der Waals surface area contributed by atoms with E-state index in [4.69, 9.17) is 4.74 Å². The minimum atomic E-state index is -0.265. The van der Waals surface area contributed by atoms with Crippen LogP contribution < -0.4 is 5.32 Å². The van der Waals surface area contributed by atoms with Gasteiger partial charge < -0.3 is 15.0 Å². The monoisotopic (exact) mass is 280 g/mol. The van der Waals surface area contributed by atoms with Gasteiger partial charge in [-0.2, -0.15) is 0 Å². The number of rotatable bonds is 4. The second kappa shape index (κ2) is 7.24. The summed E-state index contributed by atoms with van der Waals surface area (Å²) < 4.78 is 17.9. The molecule has 1 fully saturated rings. The average Bonchev–Trinajstić information content (AvgIpc) is 2.47. The first-order chi connectivity index (χ1) is 9.69. The van der Waals surface area contributed by atoms with Crippen LogP contribution in [-0.2, 0) is 11.3 Å². The third-order valence-electron chi connectivity index (χ3n) is 3.57. The summed E-state index contributed by atoms with van der Waals surface area (Å²) in [6, 6.07) is 6.10. The molecule has 0 saturated carbocycles. The van der Waals surface area contributed by atoms with Crippen molar-refractivity contribution in [2.75, 3.05) is 26.8 Å². The van der Waals surface area contributed by atoms with E-state index in [2.05, 4.69) is 5.32 Å². The van der Waals surface area contributed by atoms with Crippen LogP contribution in [0.25, 0.3) is 0 Å². The van der Waals surface area contributed by atoms with Gasteiger partial charge in [0.1, 0.15) is 5.82 Å². The van der Waals surface area contributed by atoms with Gasteiger partial charge in [0.05, 0.1) is 6.61 Å². The zero-order chi connectivity index (χ0) is 14.4. The normalized spacial score (nSPS) is 18.9. The lowest BCUT2D eigenvalue weighted by molar-refractivity contribution is 0.100. The number of hydrogen-bond acceptors (Lipinski definition) is 2. The molecule has 0 aromatic heterocycles. The quantitative estimate of drug-likeness (QED) is 0.920. The number of halogens is 1. The van der Waals surface area contributed by atoms with Crippen molar-refractivity contribution < 1.29 is 13.9 Å². The Balaban J connectivity index is 1.80. The molecule has 2 amide bonds. The van der Waals surface area contributed by atoms with Gasteiger partial charge in [0.15, 0.2) is 0 Å². The molecular weight excluding hydrogens is 259 g/mol. The second-order valence-electron chi connectivity index (χ2n) is 5.19. The summed E-state index contributed by atoms with van der Waals surface area (Å²) in [6.07, 6.45) is 2.12. The number of urea groups is 1. The van der Waals surface area contributed by atoms with Gasteiger partial charge in [0.25, 0.3) is 0 Å². The third-order valence-corrected chi connectivity index (χ3v) is 3.57. The van der Waals surface area contributed by atoms with Crippen molar-refractivity contribution in [1.29, 1.82) is 0 Å². The summed E-state index contributed by atoms with van der Waals surface area (Å²) in [5.74, 6) is 0.156. The van der Waals surface area contributed by atoms with Crippen LogP contribution in [-0.4, -0.2) is 37.7 Å². The van der Waals surface area contributed by atoms with E-state index < -0.39 is 0 Å². The number of carbonyl (C=O) groups excluding carboxylic acids is 1. The van der Waals surface area contributed by atoms with Crippen LogP contribution in [0.15, 0.2) is 24.3 Å². The fraction of sp³-hybridized carbons (Fsp3) is 0.533. The van der Waals surface area contributed by atoms with E-state index in [-0.39, 0.29) is 11.8 Å². The average molecular weight is 280 g/mol. The summed E-state index contributed by atoms with van der Waals surface area (Å²) in [7, 11) is 1.69. The molecule has 1 aliphatic heterocycles. The largest absolute Gasteiger partial charge is 0.384 e. The minimum Gasteiger partial charge on any atom is -0.384 e. The zero-order valence-electron chi connectivity index (χ0n) is 11.8. The lowest BCUT2D eigenvalue weighted by atomic mass is 9.99. The maximum atomic E-state index is 12.8. The highest BCUT2D eigenvalue weighted by Crippen LogP contribution is 2.16. The number of benzene rings is 1. The van der Waals surface area contributed by atoms with Crippen molar-refractivity contribution in [1.82, 2.24) is 10.2 Å². The molecule has 1 atom stereocenters. The molecule has 20 heavy (non-hydrogen) atoms. The molecule has 0 aliphatic carbocycles. The number of nitrogens with one attached hydrogen (secondary N) is 1.